The van der Waals surface area contributed by atoms with E-state index < -0.39 is 6.61 Å². The molecule has 0 atom stereocenters. The molecule has 0 saturated carbocycles. The molecule has 2 aromatic rings. The highest BCUT2D eigenvalue weighted by molar-refractivity contribution is 7.07. The summed E-state index contributed by atoms with van der Waals surface area (Å²) in [4.78, 5) is 4.11. The molecule has 1 aromatic heterocycles. The van der Waals surface area contributed by atoms with Crippen LogP contribution in [0.4, 0.5) is 14.5 Å². The van der Waals surface area contributed by atoms with Crippen LogP contribution in [0, 0.1) is 0 Å². The van der Waals surface area contributed by atoms with E-state index in [9.17, 15) is 8.78 Å². The van der Waals surface area contributed by atoms with Crippen LogP contribution in [-0.4, -0.2) is 11.6 Å². The topological polar surface area (TPSA) is 34.1 Å². The number of ether oxygens (including phenoxy) is 1. The van der Waals surface area contributed by atoms with Gasteiger partial charge < -0.3 is 10.1 Å². The van der Waals surface area contributed by atoms with Crippen molar-refractivity contribution in [2.24, 2.45) is 0 Å². The predicted molar refractivity (Wildman–Crippen MR) is 67.5 cm³/mol. The van der Waals surface area contributed by atoms with E-state index in [1.165, 1.54) is 23.5 Å². The molecule has 0 aliphatic carbocycles. The molecule has 0 unspecified atom stereocenters. The van der Waals surface area contributed by atoms with Crippen molar-refractivity contribution >= 4 is 28.6 Å². The summed E-state index contributed by atoms with van der Waals surface area (Å²) < 4.78 is 28.3. The normalized spacial score (nSPS) is 10.7. The number of alkyl halides is 2. The van der Waals surface area contributed by atoms with Gasteiger partial charge in [-0.3, -0.25) is 0 Å². The Morgan fingerprint density at radius 2 is 2.28 bits per heavy atom. The number of nitrogens with one attached hydrogen (secondary N) is 1. The monoisotopic (exact) mass is 290 g/mol. The molecular formula is C11H9ClF2N2OS. The zero-order valence-electron chi connectivity index (χ0n) is 9.07. The summed E-state index contributed by atoms with van der Waals surface area (Å²) in [5.74, 6) is -0.0362. The fourth-order valence-electron chi connectivity index (χ4n) is 1.32. The molecule has 1 aromatic carbocycles. The Bertz CT molecular complexity index is 508. The van der Waals surface area contributed by atoms with Crippen LogP contribution in [0.2, 0.25) is 5.02 Å². The fraction of sp³-hybridized carbons (Fsp3) is 0.182. The minimum absolute atomic E-state index is 0.0362. The SMILES string of the molecule is FC(F)Oc1ccc(NCc2cscn2)cc1Cl. The van der Waals surface area contributed by atoms with Crippen LogP contribution in [0.3, 0.4) is 0 Å². The zero-order valence-corrected chi connectivity index (χ0v) is 10.6. The zero-order chi connectivity index (χ0) is 13.0. The van der Waals surface area contributed by atoms with Gasteiger partial charge in [-0.25, -0.2) is 4.98 Å². The summed E-state index contributed by atoms with van der Waals surface area (Å²) in [7, 11) is 0. The molecule has 1 N–H and O–H groups in total. The van der Waals surface area contributed by atoms with E-state index in [1.54, 1.807) is 11.6 Å². The van der Waals surface area contributed by atoms with Gasteiger partial charge in [-0.15, -0.1) is 11.3 Å². The van der Waals surface area contributed by atoms with Gasteiger partial charge in [0.1, 0.15) is 5.75 Å². The lowest BCUT2D eigenvalue weighted by molar-refractivity contribution is -0.0497. The lowest BCUT2D eigenvalue weighted by Gasteiger charge is -2.09. The first-order chi connectivity index (χ1) is 8.65. The minimum atomic E-state index is -2.88. The van der Waals surface area contributed by atoms with E-state index in [1.807, 2.05) is 5.38 Å². The van der Waals surface area contributed by atoms with E-state index >= 15 is 0 Å². The standard InChI is InChI=1S/C11H9ClF2N2OS/c12-9-3-7(1-2-10(9)17-11(13)14)15-4-8-5-18-6-16-8/h1-3,5-6,11,15H,4H2. The van der Waals surface area contributed by atoms with Gasteiger partial charge in [-0.2, -0.15) is 8.78 Å². The summed E-state index contributed by atoms with van der Waals surface area (Å²) in [6.45, 7) is -2.33. The van der Waals surface area contributed by atoms with Crippen molar-refractivity contribution in [1.29, 1.82) is 0 Å². The molecule has 1 heterocycles. The second-order valence-electron chi connectivity index (χ2n) is 3.36. The minimum Gasteiger partial charge on any atom is -0.433 e. The van der Waals surface area contributed by atoms with Gasteiger partial charge in [0.15, 0.2) is 0 Å². The third-order valence-corrected chi connectivity index (χ3v) is 3.04. The quantitative estimate of drug-likeness (QED) is 0.903. The first-order valence-electron chi connectivity index (χ1n) is 5.00. The Morgan fingerprint density at radius 3 is 2.89 bits per heavy atom. The number of halogens is 3. The van der Waals surface area contributed by atoms with Crippen molar-refractivity contribution in [3.63, 3.8) is 0 Å². The molecular weight excluding hydrogens is 282 g/mol. The van der Waals surface area contributed by atoms with Crippen LogP contribution in [0.15, 0.2) is 29.1 Å². The van der Waals surface area contributed by atoms with Crippen molar-refractivity contribution < 1.29 is 13.5 Å². The van der Waals surface area contributed by atoms with Gasteiger partial charge in [0, 0.05) is 11.1 Å². The summed E-state index contributed by atoms with van der Waals surface area (Å²) in [5, 5.41) is 5.14. The van der Waals surface area contributed by atoms with Gasteiger partial charge in [-0.1, -0.05) is 11.6 Å². The van der Waals surface area contributed by atoms with E-state index in [-0.39, 0.29) is 10.8 Å². The smallest absolute Gasteiger partial charge is 0.387 e. The number of aromatic nitrogens is 1. The molecule has 0 aliphatic rings. The summed E-state index contributed by atoms with van der Waals surface area (Å²) >= 11 is 7.33. The van der Waals surface area contributed by atoms with E-state index in [2.05, 4.69) is 15.0 Å². The Balaban J connectivity index is 2.00. The highest BCUT2D eigenvalue weighted by atomic mass is 35.5. The molecule has 0 aliphatic heterocycles. The molecule has 2 rings (SSSR count). The van der Waals surface area contributed by atoms with Crippen molar-refractivity contribution in [1.82, 2.24) is 4.98 Å². The van der Waals surface area contributed by atoms with Gasteiger partial charge in [-0.05, 0) is 18.2 Å². The Kier molecular flexibility index (Phi) is 4.33. The maximum atomic E-state index is 12.0. The van der Waals surface area contributed by atoms with Gasteiger partial charge in [0.2, 0.25) is 0 Å². The molecule has 0 radical (unpaired) electrons. The van der Waals surface area contributed by atoms with Crippen LogP contribution in [0.5, 0.6) is 5.75 Å². The molecule has 0 saturated heterocycles. The Labute approximate surface area is 111 Å². The van der Waals surface area contributed by atoms with Crippen LogP contribution in [-0.2, 0) is 6.54 Å². The third-order valence-electron chi connectivity index (χ3n) is 2.11. The van der Waals surface area contributed by atoms with Gasteiger partial charge >= 0.3 is 6.61 Å². The average molecular weight is 291 g/mol. The van der Waals surface area contributed by atoms with Crippen LogP contribution < -0.4 is 10.1 Å². The summed E-state index contributed by atoms with van der Waals surface area (Å²) in [6.07, 6.45) is 0. The van der Waals surface area contributed by atoms with E-state index in [0.717, 1.165) is 11.4 Å². The van der Waals surface area contributed by atoms with Crippen LogP contribution >= 0.6 is 22.9 Å². The van der Waals surface area contributed by atoms with Gasteiger partial charge in [0.25, 0.3) is 0 Å². The third kappa shape index (κ3) is 3.54. The Morgan fingerprint density at radius 1 is 1.44 bits per heavy atom. The number of anilines is 1. The fourth-order valence-corrected chi connectivity index (χ4v) is 2.10. The number of hydrogen-bond acceptors (Lipinski definition) is 4. The molecule has 0 fully saturated rings. The second-order valence-corrected chi connectivity index (χ2v) is 4.48. The maximum Gasteiger partial charge on any atom is 0.387 e. The molecule has 7 heteroatoms. The molecule has 0 amide bonds. The molecule has 0 spiro atoms. The molecule has 0 bridgehead atoms. The number of hydrogen-bond donors (Lipinski definition) is 1. The molecule has 96 valence electrons. The number of benzene rings is 1. The van der Waals surface area contributed by atoms with Crippen LogP contribution in [0.25, 0.3) is 0 Å². The lowest BCUT2D eigenvalue weighted by Crippen LogP contribution is -2.03. The van der Waals surface area contributed by atoms with Gasteiger partial charge in [0.05, 0.1) is 22.8 Å². The van der Waals surface area contributed by atoms with Crippen molar-refractivity contribution in [2.75, 3.05) is 5.32 Å². The highest BCUT2D eigenvalue weighted by Gasteiger charge is 2.08. The Hall–Kier alpha value is -1.40. The van der Waals surface area contributed by atoms with Crippen molar-refractivity contribution in [3.05, 3.63) is 39.8 Å². The largest absolute Gasteiger partial charge is 0.433 e. The molecule has 18 heavy (non-hydrogen) atoms. The first-order valence-corrected chi connectivity index (χ1v) is 6.32. The van der Waals surface area contributed by atoms with Crippen molar-refractivity contribution in [2.45, 2.75) is 13.2 Å². The highest BCUT2D eigenvalue weighted by Crippen LogP contribution is 2.29. The second kappa shape index (κ2) is 5.97. The van der Waals surface area contributed by atoms with E-state index in [0.29, 0.717) is 6.54 Å². The van der Waals surface area contributed by atoms with E-state index in [4.69, 9.17) is 11.6 Å². The average Bonchev–Trinajstić information content (AvgIpc) is 2.82. The molecule has 3 nitrogen and oxygen atoms in total. The summed E-state index contributed by atoms with van der Waals surface area (Å²) in [5.41, 5.74) is 3.36. The maximum absolute atomic E-state index is 12.0. The van der Waals surface area contributed by atoms with Crippen molar-refractivity contribution in [3.8, 4) is 5.75 Å². The number of rotatable bonds is 5. The summed E-state index contributed by atoms with van der Waals surface area (Å²) in [6, 6.07) is 4.56. The van der Waals surface area contributed by atoms with Crippen LogP contribution in [0.1, 0.15) is 5.69 Å². The number of nitrogens with zero attached hydrogens (tertiary/aromatic N) is 1. The predicted octanol–water partition coefficient (Wildman–Crippen LogP) is 4.01. The lowest BCUT2D eigenvalue weighted by atomic mass is 10.3. The first kappa shape index (κ1) is 13.0. The number of thiazole rings is 1.